The highest BCUT2D eigenvalue weighted by molar-refractivity contribution is 5.05. The third-order valence-electron chi connectivity index (χ3n) is 5.59. The van der Waals surface area contributed by atoms with Crippen LogP contribution in [0.25, 0.3) is 0 Å². The lowest BCUT2D eigenvalue weighted by molar-refractivity contribution is 0.313. The van der Waals surface area contributed by atoms with E-state index >= 15 is 0 Å². The molecule has 17 heavy (non-hydrogen) atoms. The van der Waals surface area contributed by atoms with Crippen LogP contribution in [0.2, 0.25) is 0 Å². The lowest BCUT2D eigenvalue weighted by Crippen LogP contribution is -2.32. The number of hydrogen-bond acceptors (Lipinski definition) is 2. The van der Waals surface area contributed by atoms with Crippen molar-refractivity contribution in [2.24, 2.45) is 16.7 Å². The predicted octanol–water partition coefficient (Wildman–Crippen LogP) is 2.55. The van der Waals surface area contributed by atoms with Crippen LogP contribution in [0.3, 0.4) is 0 Å². The van der Waals surface area contributed by atoms with E-state index in [9.17, 15) is 0 Å². The van der Waals surface area contributed by atoms with Gasteiger partial charge in [-0.25, -0.2) is 0 Å². The Bertz CT molecular complexity index is 264. The first-order chi connectivity index (χ1) is 8.29. The van der Waals surface area contributed by atoms with Crippen molar-refractivity contribution < 1.29 is 0 Å². The maximum Gasteiger partial charge on any atom is 0.000793 e. The third kappa shape index (κ3) is 2.53. The number of rotatable bonds is 6. The van der Waals surface area contributed by atoms with E-state index in [1.165, 1.54) is 71.1 Å². The summed E-state index contributed by atoms with van der Waals surface area (Å²) in [6.45, 7) is 7.44. The number of piperidine rings is 1. The fourth-order valence-corrected chi connectivity index (χ4v) is 3.99. The minimum atomic E-state index is 0.727. The molecule has 2 nitrogen and oxygen atoms in total. The number of nitrogens with one attached hydrogen (secondary N) is 2. The molecule has 2 N–H and O–H groups in total. The molecule has 98 valence electrons. The van der Waals surface area contributed by atoms with Crippen molar-refractivity contribution in [2.75, 3.05) is 26.2 Å². The fourth-order valence-electron chi connectivity index (χ4n) is 3.99. The second-order valence-corrected chi connectivity index (χ2v) is 6.89. The topological polar surface area (TPSA) is 24.1 Å². The first kappa shape index (κ1) is 12.0. The van der Waals surface area contributed by atoms with Crippen LogP contribution in [0.5, 0.6) is 0 Å². The standard InChI is InChI=1S/C15H28N2/c1-2-3-14(4-5-14)12-17-11-13-10-15(13)6-8-16-9-7-15/h13,16-17H,2-12H2,1H3. The van der Waals surface area contributed by atoms with E-state index in [1.807, 2.05) is 0 Å². The molecule has 0 aromatic rings. The second-order valence-electron chi connectivity index (χ2n) is 6.89. The van der Waals surface area contributed by atoms with Crippen LogP contribution in [0.1, 0.15) is 51.9 Å². The van der Waals surface area contributed by atoms with Gasteiger partial charge in [0.25, 0.3) is 0 Å². The van der Waals surface area contributed by atoms with E-state index in [1.54, 1.807) is 0 Å². The van der Waals surface area contributed by atoms with Crippen molar-refractivity contribution in [3.05, 3.63) is 0 Å². The summed E-state index contributed by atoms with van der Waals surface area (Å²) in [5.74, 6) is 1.00. The zero-order chi connectivity index (χ0) is 11.8. The van der Waals surface area contributed by atoms with E-state index in [0.29, 0.717) is 0 Å². The molecule has 1 aliphatic heterocycles. The van der Waals surface area contributed by atoms with Gasteiger partial charge in [-0.1, -0.05) is 13.3 Å². The van der Waals surface area contributed by atoms with Gasteiger partial charge in [-0.2, -0.15) is 0 Å². The fraction of sp³-hybridized carbons (Fsp3) is 1.00. The first-order valence-electron chi connectivity index (χ1n) is 7.70. The summed E-state index contributed by atoms with van der Waals surface area (Å²) >= 11 is 0. The molecule has 0 radical (unpaired) electrons. The van der Waals surface area contributed by atoms with Crippen LogP contribution < -0.4 is 10.6 Å². The molecule has 1 unspecified atom stereocenters. The molecule has 1 spiro atoms. The summed E-state index contributed by atoms with van der Waals surface area (Å²) in [6.07, 6.45) is 10.1. The molecule has 3 aliphatic rings. The van der Waals surface area contributed by atoms with Gasteiger partial charge in [-0.3, -0.25) is 0 Å². The molecular formula is C15H28N2. The van der Waals surface area contributed by atoms with Gasteiger partial charge in [-0.05, 0) is 74.9 Å². The molecule has 2 aliphatic carbocycles. The van der Waals surface area contributed by atoms with Crippen LogP contribution in [-0.2, 0) is 0 Å². The lowest BCUT2D eigenvalue weighted by Gasteiger charge is -2.24. The second kappa shape index (κ2) is 4.55. The summed E-state index contributed by atoms with van der Waals surface area (Å²) in [7, 11) is 0. The zero-order valence-corrected chi connectivity index (χ0v) is 11.4. The van der Waals surface area contributed by atoms with Gasteiger partial charge in [0.15, 0.2) is 0 Å². The molecule has 0 aromatic heterocycles. The summed E-state index contributed by atoms with van der Waals surface area (Å²) in [5, 5.41) is 7.27. The highest BCUT2D eigenvalue weighted by Gasteiger charge is 2.53. The molecule has 3 fully saturated rings. The third-order valence-corrected chi connectivity index (χ3v) is 5.59. The molecule has 2 saturated carbocycles. The van der Waals surface area contributed by atoms with E-state index in [0.717, 1.165) is 16.7 Å². The first-order valence-corrected chi connectivity index (χ1v) is 7.70. The van der Waals surface area contributed by atoms with E-state index in [4.69, 9.17) is 0 Å². The normalized spacial score (nSPS) is 32.6. The molecule has 1 saturated heterocycles. The Labute approximate surface area is 106 Å². The summed E-state index contributed by atoms with van der Waals surface area (Å²) < 4.78 is 0. The molecule has 1 heterocycles. The Hall–Kier alpha value is -0.0800. The Balaban J connectivity index is 1.36. The summed E-state index contributed by atoms with van der Waals surface area (Å²) in [6, 6.07) is 0. The predicted molar refractivity (Wildman–Crippen MR) is 72.1 cm³/mol. The highest BCUT2D eigenvalue weighted by atomic mass is 14.9. The van der Waals surface area contributed by atoms with E-state index < -0.39 is 0 Å². The van der Waals surface area contributed by atoms with Gasteiger partial charge in [-0.15, -0.1) is 0 Å². The molecule has 1 atom stereocenters. The van der Waals surface area contributed by atoms with Crippen LogP contribution >= 0.6 is 0 Å². The van der Waals surface area contributed by atoms with E-state index in [-0.39, 0.29) is 0 Å². The molecule has 0 amide bonds. The molecule has 3 rings (SSSR count). The smallest absolute Gasteiger partial charge is 0.000793 e. The Morgan fingerprint density at radius 1 is 1.18 bits per heavy atom. The van der Waals surface area contributed by atoms with Gasteiger partial charge < -0.3 is 10.6 Å². The van der Waals surface area contributed by atoms with Crippen molar-refractivity contribution >= 4 is 0 Å². The minimum absolute atomic E-state index is 0.727. The Kier molecular flexibility index (Phi) is 3.20. The molecule has 2 heteroatoms. The minimum Gasteiger partial charge on any atom is -0.317 e. The average molecular weight is 236 g/mol. The maximum atomic E-state index is 3.79. The molecular weight excluding hydrogens is 208 g/mol. The van der Waals surface area contributed by atoms with Gasteiger partial charge in [0.1, 0.15) is 0 Å². The monoisotopic (exact) mass is 236 g/mol. The Morgan fingerprint density at radius 3 is 2.59 bits per heavy atom. The van der Waals surface area contributed by atoms with Crippen molar-refractivity contribution in [1.29, 1.82) is 0 Å². The van der Waals surface area contributed by atoms with Gasteiger partial charge >= 0.3 is 0 Å². The maximum absolute atomic E-state index is 3.79. The highest BCUT2D eigenvalue weighted by Crippen LogP contribution is 2.58. The largest absolute Gasteiger partial charge is 0.317 e. The average Bonchev–Trinajstić information content (AvgIpc) is 3.22. The summed E-state index contributed by atoms with van der Waals surface area (Å²) in [5.41, 5.74) is 1.49. The zero-order valence-electron chi connectivity index (χ0n) is 11.4. The quantitative estimate of drug-likeness (QED) is 0.740. The van der Waals surface area contributed by atoms with Gasteiger partial charge in [0, 0.05) is 6.54 Å². The van der Waals surface area contributed by atoms with Crippen molar-refractivity contribution in [3.8, 4) is 0 Å². The van der Waals surface area contributed by atoms with Crippen molar-refractivity contribution in [2.45, 2.75) is 51.9 Å². The Morgan fingerprint density at radius 2 is 1.94 bits per heavy atom. The van der Waals surface area contributed by atoms with Crippen LogP contribution in [0, 0.1) is 16.7 Å². The van der Waals surface area contributed by atoms with Crippen LogP contribution in [0.4, 0.5) is 0 Å². The number of hydrogen-bond donors (Lipinski definition) is 2. The molecule has 0 bridgehead atoms. The molecule has 0 aromatic carbocycles. The SMILES string of the molecule is CCCC1(CNCC2CC23CCNCC3)CC1. The van der Waals surface area contributed by atoms with Crippen molar-refractivity contribution in [1.82, 2.24) is 10.6 Å². The van der Waals surface area contributed by atoms with Crippen LogP contribution in [-0.4, -0.2) is 26.2 Å². The lowest BCUT2D eigenvalue weighted by atomic mass is 9.92. The summed E-state index contributed by atoms with van der Waals surface area (Å²) in [4.78, 5) is 0. The van der Waals surface area contributed by atoms with E-state index in [2.05, 4.69) is 17.6 Å². The van der Waals surface area contributed by atoms with Gasteiger partial charge in [0.05, 0.1) is 0 Å². The van der Waals surface area contributed by atoms with Crippen LogP contribution in [0.15, 0.2) is 0 Å². The van der Waals surface area contributed by atoms with Crippen molar-refractivity contribution in [3.63, 3.8) is 0 Å². The van der Waals surface area contributed by atoms with Gasteiger partial charge in [0.2, 0.25) is 0 Å².